The van der Waals surface area contributed by atoms with E-state index in [9.17, 15) is 5.11 Å². The molecule has 72 valence electrons. The lowest BCUT2D eigenvalue weighted by atomic mass is 9.98. The van der Waals surface area contributed by atoms with Gasteiger partial charge in [0.15, 0.2) is 0 Å². The SMILES string of the molecule is COc1cc(Cl)cc(C(C)(C)O)c1. The summed E-state index contributed by atoms with van der Waals surface area (Å²) in [5.41, 5.74) is -0.144. The second-order valence-electron chi connectivity index (χ2n) is 3.44. The summed E-state index contributed by atoms with van der Waals surface area (Å²) in [6.45, 7) is 3.41. The largest absolute Gasteiger partial charge is 0.497 e. The Morgan fingerprint density at radius 3 is 2.38 bits per heavy atom. The quantitative estimate of drug-likeness (QED) is 0.795. The third kappa shape index (κ3) is 2.61. The van der Waals surface area contributed by atoms with Crippen LogP contribution in [-0.4, -0.2) is 12.2 Å². The molecule has 0 aliphatic rings. The lowest BCUT2D eigenvalue weighted by Crippen LogP contribution is -2.15. The zero-order chi connectivity index (χ0) is 10.1. The van der Waals surface area contributed by atoms with Gasteiger partial charge in [0, 0.05) is 5.02 Å². The van der Waals surface area contributed by atoms with E-state index < -0.39 is 5.60 Å². The Labute approximate surface area is 83.1 Å². The number of rotatable bonds is 2. The number of ether oxygens (including phenoxy) is 1. The van der Waals surface area contributed by atoms with Gasteiger partial charge >= 0.3 is 0 Å². The van der Waals surface area contributed by atoms with Gasteiger partial charge in [0.1, 0.15) is 5.75 Å². The number of benzene rings is 1. The maximum Gasteiger partial charge on any atom is 0.120 e. The third-order valence-corrected chi connectivity index (χ3v) is 2.03. The molecule has 1 rings (SSSR count). The van der Waals surface area contributed by atoms with E-state index >= 15 is 0 Å². The van der Waals surface area contributed by atoms with Gasteiger partial charge < -0.3 is 9.84 Å². The average Bonchev–Trinajstić information content (AvgIpc) is 2.01. The van der Waals surface area contributed by atoms with Crippen LogP contribution in [-0.2, 0) is 5.60 Å². The van der Waals surface area contributed by atoms with Crippen molar-refractivity contribution in [2.45, 2.75) is 19.4 Å². The second kappa shape index (κ2) is 3.56. The van der Waals surface area contributed by atoms with Crippen molar-refractivity contribution in [1.29, 1.82) is 0 Å². The normalized spacial score (nSPS) is 11.5. The van der Waals surface area contributed by atoms with E-state index in [0.717, 1.165) is 5.56 Å². The molecule has 0 spiro atoms. The van der Waals surface area contributed by atoms with Crippen LogP contribution in [0.1, 0.15) is 19.4 Å². The van der Waals surface area contributed by atoms with Crippen LogP contribution in [0, 0.1) is 0 Å². The van der Waals surface area contributed by atoms with Gasteiger partial charge in [-0.15, -0.1) is 0 Å². The number of hydrogen-bond donors (Lipinski definition) is 1. The third-order valence-electron chi connectivity index (χ3n) is 1.81. The topological polar surface area (TPSA) is 29.5 Å². The molecule has 1 aromatic rings. The molecule has 0 fully saturated rings. The molecule has 13 heavy (non-hydrogen) atoms. The monoisotopic (exact) mass is 200 g/mol. The molecule has 0 saturated heterocycles. The Bertz CT molecular complexity index is 302. The van der Waals surface area contributed by atoms with Gasteiger partial charge in [0.25, 0.3) is 0 Å². The van der Waals surface area contributed by atoms with Crippen LogP contribution in [0.2, 0.25) is 5.02 Å². The van der Waals surface area contributed by atoms with E-state index in [1.54, 1.807) is 39.2 Å². The van der Waals surface area contributed by atoms with Gasteiger partial charge in [-0.25, -0.2) is 0 Å². The highest BCUT2D eigenvalue weighted by Crippen LogP contribution is 2.27. The molecular weight excluding hydrogens is 188 g/mol. The van der Waals surface area contributed by atoms with Gasteiger partial charge in [-0.3, -0.25) is 0 Å². The molecule has 1 N–H and O–H groups in total. The van der Waals surface area contributed by atoms with E-state index in [0.29, 0.717) is 10.8 Å². The van der Waals surface area contributed by atoms with Crippen molar-refractivity contribution in [1.82, 2.24) is 0 Å². The van der Waals surface area contributed by atoms with Crippen molar-refractivity contribution in [2.24, 2.45) is 0 Å². The van der Waals surface area contributed by atoms with Crippen molar-refractivity contribution < 1.29 is 9.84 Å². The number of methoxy groups -OCH3 is 1. The predicted octanol–water partition coefficient (Wildman–Crippen LogP) is 2.58. The first-order chi connectivity index (χ1) is 5.93. The Morgan fingerprint density at radius 1 is 1.31 bits per heavy atom. The molecule has 0 aliphatic heterocycles. The summed E-state index contributed by atoms with van der Waals surface area (Å²) in [7, 11) is 1.57. The molecule has 0 amide bonds. The van der Waals surface area contributed by atoms with Crippen molar-refractivity contribution in [3.63, 3.8) is 0 Å². The first kappa shape index (κ1) is 10.4. The fourth-order valence-corrected chi connectivity index (χ4v) is 1.26. The average molecular weight is 201 g/mol. The molecule has 0 aliphatic carbocycles. The van der Waals surface area contributed by atoms with Crippen LogP contribution in [0.25, 0.3) is 0 Å². The van der Waals surface area contributed by atoms with Crippen LogP contribution in [0.3, 0.4) is 0 Å². The molecule has 0 radical (unpaired) electrons. The smallest absolute Gasteiger partial charge is 0.120 e. The molecule has 0 unspecified atom stereocenters. The molecule has 0 atom stereocenters. The van der Waals surface area contributed by atoms with Crippen LogP contribution >= 0.6 is 11.6 Å². The molecule has 0 saturated carbocycles. The van der Waals surface area contributed by atoms with Gasteiger partial charge in [-0.05, 0) is 37.6 Å². The van der Waals surface area contributed by atoms with Crippen LogP contribution in [0.4, 0.5) is 0 Å². The second-order valence-corrected chi connectivity index (χ2v) is 3.88. The van der Waals surface area contributed by atoms with Crippen molar-refractivity contribution in [3.05, 3.63) is 28.8 Å². The van der Waals surface area contributed by atoms with Gasteiger partial charge in [-0.2, -0.15) is 0 Å². The molecule has 0 aromatic heterocycles. The van der Waals surface area contributed by atoms with Gasteiger partial charge in [0.05, 0.1) is 12.7 Å². The number of aliphatic hydroxyl groups is 1. The standard InChI is InChI=1S/C10H13ClO2/c1-10(2,12)7-4-8(11)6-9(5-7)13-3/h4-6,12H,1-3H3. The zero-order valence-electron chi connectivity index (χ0n) is 7.97. The minimum Gasteiger partial charge on any atom is -0.497 e. The zero-order valence-corrected chi connectivity index (χ0v) is 8.72. The molecule has 0 bridgehead atoms. The van der Waals surface area contributed by atoms with Crippen molar-refractivity contribution in [3.8, 4) is 5.75 Å². The summed E-state index contributed by atoms with van der Waals surface area (Å²) in [5, 5.41) is 10.3. The maximum atomic E-state index is 9.72. The maximum absolute atomic E-state index is 9.72. The predicted molar refractivity (Wildman–Crippen MR) is 53.2 cm³/mol. The first-order valence-electron chi connectivity index (χ1n) is 4.01. The minimum absolute atomic E-state index is 0.566. The molecule has 0 heterocycles. The van der Waals surface area contributed by atoms with Crippen LogP contribution in [0.15, 0.2) is 18.2 Å². The van der Waals surface area contributed by atoms with Crippen LogP contribution < -0.4 is 4.74 Å². The highest BCUT2D eigenvalue weighted by atomic mass is 35.5. The van der Waals surface area contributed by atoms with Crippen molar-refractivity contribution >= 4 is 11.6 Å². The lowest BCUT2D eigenvalue weighted by Gasteiger charge is -2.18. The Morgan fingerprint density at radius 2 is 1.92 bits per heavy atom. The highest BCUT2D eigenvalue weighted by Gasteiger charge is 2.17. The number of hydrogen-bond acceptors (Lipinski definition) is 2. The molecule has 2 nitrogen and oxygen atoms in total. The molecule has 1 aromatic carbocycles. The van der Waals surface area contributed by atoms with E-state index in [-0.39, 0.29) is 0 Å². The lowest BCUT2D eigenvalue weighted by molar-refractivity contribution is 0.0783. The number of halogens is 1. The van der Waals surface area contributed by atoms with E-state index in [1.165, 1.54) is 0 Å². The van der Waals surface area contributed by atoms with E-state index in [2.05, 4.69) is 0 Å². The van der Waals surface area contributed by atoms with Crippen LogP contribution in [0.5, 0.6) is 5.75 Å². The summed E-state index contributed by atoms with van der Waals surface area (Å²) in [6.07, 6.45) is 0. The Hall–Kier alpha value is -0.730. The van der Waals surface area contributed by atoms with E-state index in [1.807, 2.05) is 0 Å². The first-order valence-corrected chi connectivity index (χ1v) is 4.38. The molecular formula is C10H13ClO2. The molecule has 3 heteroatoms. The summed E-state index contributed by atoms with van der Waals surface area (Å²) >= 11 is 5.84. The van der Waals surface area contributed by atoms with E-state index in [4.69, 9.17) is 16.3 Å². The Kier molecular flexibility index (Phi) is 2.84. The highest BCUT2D eigenvalue weighted by molar-refractivity contribution is 6.30. The fraction of sp³-hybridized carbons (Fsp3) is 0.400. The minimum atomic E-state index is -0.891. The fourth-order valence-electron chi connectivity index (χ4n) is 1.03. The summed E-state index contributed by atoms with van der Waals surface area (Å²) in [6, 6.07) is 5.20. The van der Waals surface area contributed by atoms with Gasteiger partial charge in [0.2, 0.25) is 0 Å². The summed E-state index contributed by atoms with van der Waals surface area (Å²) in [5.74, 6) is 0.657. The summed E-state index contributed by atoms with van der Waals surface area (Å²) in [4.78, 5) is 0. The Balaban J connectivity index is 3.16. The van der Waals surface area contributed by atoms with Crippen molar-refractivity contribution in [2.75, 3.05) is 7.11 Å². The summed E-state index contributed by atoms with van der Waals surface area (Å²) < 4.78 is 5.04. The van der Waals surface area contributed by atoms with Gasteiger partial charge in [-0.1, -0.05) is 11.6 Å².